The Hall–Kier alpha value is -2.83. The quantitative estimate of drug-likeness (QED) is 0.432. The monoisotopic (exact) mass is 513 g/mol. The standard InChI is InChI=1S/C23H26B3N7O3S/c1-32(2)15-6-10-33(11-7-15)37(34)22-29-21(30-31-22)28-20-16(3-4-18-17(20)8-12-35-18)14-5-9-27-19(13-14)36-23(24,25)26/h3-5,9,13,15H,6-8,10-12H2,1-2H3,(H2,28,29,30,31). The van der Waals surface area contributed by atoms with Crippen LogP contribution in [-0.2, 0) is 17.4 Å². The minimum Gasteiger partial charge on any atom is -0.501 e. The summed E-state index contributed by atoms with van der Waals surface area (Å²) in [6.45, 7) is 2.03. The molecular weight excluding hydrogens is 487 g/mol. The number of nitrogens with one attached hydrogen (secondary N) is 2. The van der Waals surface area contributed by atoms with E-state index in [9.17, 15) is 4.21 Å². The van der Waals surface area contributed by atoms with Crippen LogP contribution in [0.25, 0.3) is 11.1 Å². The van der Waals surface area contributed by atoms with Crippen LogP contribution in [0.2, 0.25) is 0 Å². The molecule has 1 atom stereocenters. The average Bonchev–Trinajstić information content (AvgIpc) is 3.53. The van der Waals surface area contributed by atoms with Gasteiger partial charge < -0.3 is 19.7 Å². The van der Waals surface area contributed by atoms with Crippen molar-refractivity contribution in [1.29, 1.82) is 0 Å². The fraction of sp³-hybridized carbons (Fsp3) is 0.435. The van der Waals surface area contributed by atoms with Gasteiger partial charge in [-0.05, 0) is 56.0 Å². The molecule has 2 aromatic heterocycles. The Morgan fingerprint density at radius 1 is 1.24 bits per heavy atom. The van der Waals surface area contributed by atoms with Crippen molar-refractivity contribution in [3.8, 4) is 22.8 Å². The third-order valence-corrected chi connectivity index (χ3v) is 7.81. The number of H-pyrrole nitrogens is 1. The molecule has 186 valence electrons. The fourth-order valence-electron chi connectivity index (χ4n) is 4.61. The van der Waals surface area contributed by atoms with Crippen molar-refractivity contribution in [2.45, 2.75) is 35.8 Å². The first-order chi connectivity index (χ1) is 17.7. The summed E-state index contributed by atoms with van der Waals surface area (Å²) in [6.07, 6.45) is 4.20. The molecule has 2 N–H and O–H groups in total. The molecule has 4 heterocycles. The highest BCUT2D eigenvalue weighted by Crippen LogP contribution is 2.41. The average molecular weight is 513 g/mol. The maximum atomic E-state index is 13.2. The van der Waals surface area contributed by atoms with E-state index in [1.807, 2.05) is 22.5 Å². The lowest BCUT2D eigenvalue weighted by Gasteiger charge is -2.33. The number of hydrogen-bond donors (Lipinski definition) is 2. The Morgan fingerprint density at radius 3 is 2.76 bits per heavy atom. The number of benzene rings is 1. The summed E-state index contributed by atoms with van der Waals surface area (Å²) in [5.74, 6) is 1.27. The highest BCUT2D eigenvalue weighted by atomic mass is 32.2. The van der Waals surface area contributed by atoms with Gasteiger partial charge in [-0.15, -0.1) is 5.10 Å². The van der Waals surface area contributed by atoms with Gasteiger partial charge in [0.15, 0.2) is 11.0 Å². The van der Waals surface area contributed by atoms with Crippen LogP contribution >= 0.6 is 0 Å². The van der Waals surface area contributed by atoms with Gasteiger partial charge in [0, 0.05) is 48.9 Å². The maximum absolute atomic E-state index is 13.2. The molecule has 0 spiro atoms. The zero-order valence-electron chi connectivity index (χ0n) is 20.8. The second-order valence-electron chi connectivity index (χ2n) is 9.36. The molecule has 1 saturated heterocycles. The Morgan fingerprint density at radius 2 is 2.03 bits per heavy atom. The normalized spacial score (nSPS) is 17.4. The van der Waals surface area contributed by atoms with Crippen LogP contribution < -0.4 is 14.8 Å². The van der Waals surface area contributed by atoms with Crippen molar-refractivity contribution >= 4 is 46.2 Å². The number of aromatic amines is 1. The van der Waals surface area contributed by atoms with Gasteiger partial charge in [0.25, 0.3) is 0 Å². The molecule has 10 nitrogen and oxygen atoms in total. The Bertz CT molecular complexity index is 1290. The van der Waals surface area contributed by atoms with Gasteiger partial charge in [0.1, 0.15) is 29.3 Å². The lowest BCUT2D eigenvalue weighted by atomic mass is 9.52. The van der Waals surface area contributed by atoms with E-state index in [0.29, 0.717) is 30.2 Å². The van der Waals surface area contributed by atoms with Crippen LogP contribution in [0.5, 0.6) is 11.6 Å². The van der Waals surface area contributed by atoms with E-state index >= 15 is 0 Å². The van der Waals surface area contributed by atoms with Crippen LogP contribution in [-0.4, -0.2) is 102 Å². The number of fused-ring (bicyclic) bond motifs is 1. The second-order valence-corrected chi connectivity index (χ2v) is 10.8. The first kappa shape index (κ1) is 25.8. The van der Waals surface area contributed by atoms with Crippen LogP contribution in [0, 0.1) is 0 Å². The molecule has 14 heteroatoms. The first-order valence-electron chi connectivity index (χ1n) is 12.0. The number of anilines is 2. The number of piperidine rings is 1. The van der Waals surface area contributed by atoms with E-state index in [2.05, 4.69) is 44.5 Å². The summed E-state index contributed by atoms with van der Waals surface area (Å²) >= 11 is 0. The highest BCUT2D eigenvalue weighted by molar-refractivity contribution is 7.82. The summed E-state index contributed by atoms with van der Waals surface area (Å²) < 4.78 is 26.2. The minimum absolute atomic E-state index is 0.182. The third-order valence-electron chi connectivity index (χ3n) is 6.46. The number of aromatic nitrogens is 4. The molecule has 2 aliphatic heterocycles. The molecule has 1 fully saturated rings. The van der Waals surface area contributed by atoms with Crippen molar-refractivity contribution in [1.82, 2.24) is 29.4 Å². The number of rotatable bonds is 8. The highest BCUT2D eigenvalue weighted by Gasteiger charge is 2.27. The van der Waals surface area contributed by atoms with Crippen LogP contribution in [0.1, 0.15) is 18.4 Å². The molecule has 1 unspecified atom stereocenters. The predicted octanol–water partition coefficient (Wildman–Crippen LogP) is 1.09. The van der Waals surface area contributed by atoms with Crippen molar-refractivity contribution in [2.24, 2.45) is 0 Å². The second kappa shape index (κ2) is 10.5. The van der Waals surface area contributed by atoms with E-state index in [0.717, 1.165) is 54.1 Å². The summed E-state index contributed by atoms with van der Waals surface area (Å²) in [4.78, 5) is 10.9. The first-order valence-corrected chi connectivity index (χ1v) is 13.1. The third kappa shape index (κ3) is 5.86. The van der Waals surface area contributed by atoms with Crippen molar-refractivity contribution in [2.75, 3.05) is 39.1 Å². The number of nitrogens with zero attached hydrogens (tertiary/aromatic N) is 5. The fourth-order valence-corrected chi connectivity index (χ4v) is 5.69. The molecule has 6 radical (unpaired) electrons. The molecule has 0 amide bonds. The Kier molecular flexibility index (Phi) is 7.33. The van der Waals surface area contributed by atoms with Crippen LogP contribution in [0.4, 0.5) is 11.6 Å². The summed E-state index contributed by atoms with van der Waals surface area (Å²) in [5.41, 5.74) is 3.39. The van der Waals surface area contributed by atoms with Gasteiger partial charge >= 0.3 is 0 Å². The van der Waals surface area contributed by atoms with Gasteiger partial charge in [-0.1, -0.05) is 0 Å². The van der Waals surface area contributed by atoms with E-state index in [4.69, 9.17) is 33.0 Å². The SMILES string of the molecule is [B]C([B])([B])Oc1cc(-c2ccc3c(c2Nc2n[nH]c(S(=O)N4CCC(N(C)C)CC4)n2)CCO3)ccn1. The van der Waals surface area contributed by atoms with Crippen molar-refractivity contribution in [3.63, 3.8) is 0 Å². The van der Waals surface area contributed by atoms with E-state index in [-0.39, 0.29) is 5.88 Å². The summed E-state index contributed by atoms with van der Waals surface area (Å²) in [6, 6.07) is 7.86. The molecule has 1 aromatic carbocycles. The van der Waals surface area contributed by atoms with Crippen molar-refractivity contribution < 1.29 is 13.7 Å². The molecule has 0 bridgehead atoms. The van der Waals surface area contributed by atoms with Gasteiger partial charge in [-0.2, -0.15) is 4.98 Å². The van der Waals surface area contributed by atoms with Crippen LogP contribution in [0.15, 0.2) is 35.6 Å². The van der Waals surface area contributed by atoms with Gasteiger partial charge in [0.05, 0.1) is 12.3 Å². The topological polar surface area (TPSA) is 108 Å². The largest absolute Gasteiger partial charge is 0.501 e. The molecule has 0 aliphatic carbocycles. The van der Waals surface area contributed by atoms with Gasteiger partial charge in [0.2, 0.25) is 17.0 Å². The van der Waals surface area contributed by atoms with E-state index in [1.54, 1.807) is 12.3 Å². The Balaban J connectivity index is 1.39. The summed E-state index contributed by atoms with van der Waals surface area (Å²) in [5, 5.41) is 8.90. The molecule has 5 rings (SSSR count). The maximum Gasteiger partial charge on any atom is 0.247 e. The summed E-state index contributed by atoms with van der Waals surface area (Å²) in [7, 11) is 19.5. The van der Waals surface area contributed by atoms with Gasteiger partial charge in [-0.25, -0.2) is 18.6 Å². The molecular formula is C23H26B3N7O3S. The number of ether oxygens (including phenoxy) is 2. The smallest absolute Gasteiger partial charge is 0.247 e. The lowest BCUT2D eigenvalue weighted by molar-refractivity contribution is 0.200. The number of hydrogen-bond acceptors (Lipinski definition) is 8. The molecule has 3 aromatic rings. The van der Waals surface area contributed by atoms with E-state index < -0.39 is 16.3 Å². The zero-order valence-corrected chi connectivity index (χ0v) is 21.6. The minimum atomic E-state index is -1.86. The lowest BCUT2D eigenvalue weighted by Crippen LogP contribution is -2.42. The van der Waals surface area contributed by atoms with E-state index in [1.165, 1.54) is 0 Å². The Labute approximate surface area is 222 Å². The van der Waals surface area contributed by atoms with Crippen molar-refractivity contribution in [3.05, 3.63) is 36.0 Å². The van der Waals surface area contributed by atoms with Gasteiger partial charge in [-0.3, -0.25) is 0 Å². The zero-order chi connectivity index (χ0) is 26.2. The molecule has 37 heavy (non-hydrogen) atoms. The molecule has 0 saturated carbocycles. The van der Waals surface area contributed by atoms with Crippen LogP contribution in [0.3, 0.4) is 0 Å². The molecule has 2 aliphatic rings. The number of pyridine rings is 1. The predicted molar refractivity (Wildman–Crippen MR) is 144 cm³/mol.